The summed E-state index contributed by atoms with van der Waals surface area (Å²) in [6.07, 6.45) is 2.18. The fourth-order valence-corrected chi connectivity index (χ4v) is 7.41. The van der Waals surface area contributed by atoms with E-state index >= 15 is 0 Å². The maximum Gasteiger partial charge on any atom is 0.0562 e. The van der Waals surface area contributed by atoms with E-state index in [1.54, 1.807) is 0 Å². The van der Waals surface area contributed by atoms with Crippen molar-refractivity contribution in [2.45, 2.75) is 19.3 Å². The minimum Gasteiger partial charge on any atom is -0.316 e. The zero-order chi connectivity index (χ0) is 29.4. The average molecular weight is 566 g/mol. The first-order valence-electron chi connectivity index (χ1n) is 15.3. The summed E-state index contributed by atoms with van der Waals surface area (Å²) in [5.41, 5.74) is 12.1. The van der Waals surface area contributed by atoms with Crippen molar-refractivity contribution in [2.75, 3.05) is 4.90 Å². The van der Waals surface area contributed by atoms with Gasteiger partial charge >= 0.3 is 0 Å². The van der Waals surface area contributed by atoms with Crippen LogP contribution in [0.1, 0.15) is 25.0 Å². The van der Waals surface area contributed by atoms with Crippen molar-refractivity contribution in [3.63, 3.8) is 0 Å². The van der Waals surface area contributed by atoms with Crippen LogP contribution in [0.15, 0.2) is 152 Å². The highest BCUT2D eigenvalue weighted by Crippen LogP contribution is 2.51. The Morgan fingerprint density at radius 3 is 1.86 bits per heavy atom. The molecule has 0 amide bonds. The second-order valence-electron chi connectivity index (χ2n) is 12.3. The van der Waals surface area contributed by atoms with Gasteiger partial charge in [-0.25, -0.2) is 0 Å². The van der Waals surface area contributed by atoms with Gasteiger partial charge in [0.2, 0.25) is 0 Å². The molecule has 0 bridgehead atoms. The van der Waals surface area contributed by atoms with E-state index in [-0.39, 0.29) is 5.41 Å². The second-order valence-corrected chi connectivity index (χ2v) is 12.3. The summed E-state index contributed by atoms with van der Waals surface area (Å²) in [6.45, 7) is 4.67. The first-order chi connectivity index (χ1) is 21.6. The molecule has 3 heterocycles. The van der Waals surface area contributed by atoms with Gasteiger partial charge in [0, 0.05) is 44.8 Å². The highest BCUT2D eigenvalue weighted by atomic mass is 15.2. The van der Waals surface area contributed by atoms with Gasteiger partial charge in [-0.1, -0.05) is 92.7 Å². The molecule has 9 rings (SSSR count). The Balaban J connectivity index is 1.29. The number of hydrogen-bond acceptors (Lipinski definition) is 1. The Bertz CT molecular complexity index is 2320. The zero-order valence-corrected chi connectivity index (χ0v) is 24.8. The molecule has 1 aliphatic rings. The van der Waals surface area contributed by atoms with Crippen LogP contribution in [0.5, 0.6) is 0 Å². The zero-order valence-electron chi connectivity index (χ0n) is 24.8. The third-order valence-electron chi connectivity index (χ3n) is 9.50. The normalized spacial score (nSPS) is 13.8. The summed E-state index contributed by atoms with van der Waals surface area (Å²) in [5, 5.41) is 3.76. The topological polar surface area (TPSA) is 13.1 Å². The Labute approximate surface area is 256 Å². The quantitative estimate of drug-likeness (QED) is 0.208. The van der Waals surface area contributed by atoms with Crippen molar-refractivity contribution < 1.29 is 0 Å². The smallest absolute Gasteiger partial charge is 0.0562 e. The van der Waals surface area contributed by atoms with E-state index in [9.17, 15) is 0 Å². The molecule has 0 N–H and O–H groups in total. The van der Waals surface area contributed by atoms with Gasteiger partial charge in [0.05, 0.1) is 27.9 Å². The van der Waals surface area contributed by atoms with Crippen molar-refractivity contribution >= 4 is 49.8 Å². The molecule has 210 valence electrons. The van der Waals surface area contributed by atoms with Gasteiger partial charge < -0.3 is 14.0 Å². The Morgan fingerprint density at radius 2 is 1.09 bits per heavy atom. The molecule has 0 saturated heterocycles. The van der Waals surface area contributed by atoms with Crippen molar-refractivity contribution in [2.24, 2.45) is 0 Å². The minimum absolute atomic E-state index is 0.0901. The van der Waals surface area contributed by atoms with Gasteiger partial charge in [0.15, 0.2) is 0 Å². The standard InChI is InChI=1S/C41H31N3/c1-41(2)34-18-7-10-21-37(34)44(38-22-11-8-19-35(38)41)31-16-12-15-30(26-31)43-36-20-9-6-17-32(36)33-25-28-23-24-42(39(28)27-40(33)43)29-13-4-3-5-14-29/h3-27H,1-2H3. The van der Waals surface area contributed by atoms with Gasteiger partial charge in [-0.2, -0.15) is 0 Å². The van der Waals surface area contributed by atoms with Crippen molar-refractivity contribution in [3.05, 3.63) is 163 Å². The number of rotatable bonds is 3. The first kappa shape index (κ1) is 25.0. The number of fused-ring (bicyclic) bond motifs is 6. The third kappa shape index (κ3) is 3.50. The van der Waals surface area contributed by atoms with E-state index in [1.165, 1.54) is 55.2 Å². The lowest BCUT2D eigenvalue weighted by Gasteiger charge is -2.42. The summed E-state index contributed by atoms with van der Waals surface area (Å²) in [6, 6.07) is 53.0. The van der Waals surface area contributed by atoms with Gasteiger partial charge in [-0.05, 0) is 77.9 Å². The number of nitrogens with zero attached hydrogens (tertiary/aromatic N) is 3. The van der Waals surface area contributed by atoms with Crippen LogP contribution in [0.2, 0.25) is 0 Å². The van der Waals surface area contributed by atoms with Crippen LogP contribution in [0.3, 0.4) is 0 Å². The molecular weight excluding hydrogens is 534 g/mol. The van der Waals surface area contributed by atoms with E-state index in [4.69, 9.17) is 0 Å². The molecule has 8 aromatic rings. The molecule has 0 aliphatic carbocycles. The number of aromatic nitrogens is 2. The molecule has 0 radical (unpaired) electrons. The van der Waals surface area contributed by atoms with Crippen LogP contribution >= 0.6 is 0 Å². The number of hydrogen-bond donors (Lipinski definition) is 0. The lowest BCUT2D eigenvalue weighted by molar-refractivity contribution is 0.632. The molecule has 0 unspecified atom stereocenters. The summed E-state index contributed by atoms with van der Waals surface area (Å²) in [5.74, 6) is 0. The summed E-state index contributed by atoms with van der Waals surface area (Å²) < 4.78 is 4.72. The van der Waals surface area contributed by atoms with Gasteiger partial charge in [-0.3, -0.25) is 0 Å². The van der Waals surface area contributed by atoms with E-state index < -0.39 is 0 Å². The average Bonchev–Trinajstić information content (AvgIpc) is 3.63. The van der Waals surface area contributed by atoms with Crippen LogP contribution in [-0.2, 0) is 5.41 Å². The van der Waals surface area contributed by atoms with E-state index in [0.29, 0.717) is 0 Å². The molecule has 0 atom stereocenters. The molecule has 0 fully saturated rings. The third-order valence-corrected chi connectivity index (χ3v) is 9.50. The second kappa shape index (κ2) is 9.23. The molecule has 3 nitrogen and oxygen atoms in total. The van der Waals surface area contributed by atoms with Crippen LogP contribution in [0.4, 0.5) is 17.1 Å². The van der Waals surface area contributed by atoms with E-state index in [0.717, 1.165) is 17.1 Å². The molecule has 3 heteroatoms. The molecule has 0 saturated carbocycles. The number of para-hydroxylation sites is 4. The highest BCUT2D eigenvalue weighted by molar-refractivity contribution is 6.13. The molecule has 44 heavy (non-hydrogen) atoms. The van der Waals surface area contributed by atoms with Crippen LogP contribution < -0.4 is 4.90 Å². The van der Waals surface area contributed by atoms with Crippen LogP contribution in [0.25, 0.3) is 44.1 Å². The Kier molecular flexibility index (Phi) is 5.24. The van der Waals surface area contributed by atoms with Crippen LogP contribution in [0, 0.1) is 0 Å². The fraction of sp³-hybridized carbons (Fsp3) is 0.0732. The maximum absolute atomic E-state index is 2.44. The Hall–Kier alpha value is -5.54. The lowest BCUT2D eigenvalue weighted by atomic mass is 9.73. The largest absolute Gasteiger partial charge is 0.316 e. The van der Waals surface area contributed by atoms with Gasteiger partial charge in [0.25, 0.3) is 0 Å². The number of benzene rings is 6. The lowest BCUT2D eigenvalue weighted by Crippen LogP contribution is -2.30. The Morgan fingerprint density at radius 1 is 0.455 bits per heavy atom. The summed E-state index contributed by atoms with van der Waals surface area (Å²) >= 11 is 0. The van der Waals surface area contributed by atoms with Gasteiger partial charge in [-0.15, -0.1) is 0 Å². The molecule has 2 aromatic heterocycles. The predicted molar refractivity (Wildman–Crippen MR) is 184 cm³/mol. The first-order valence-corrected chi connectivity index (χ1v) is 15.3. The monoisotopic (exact) mass is 565 g/mol. The van der Waals surface area contributed by atoms with Gasteiger partial charge in [0.1, 0.15) is 0 Å². The molecule has 1 aliphatic heterocycles. The molecular formula is C41H31N3. The molecule has 6 aromatic carbocycles. The molecule has 0 spiro atoms. The fourth-order valence-electron chi connectivity index (χ4n) is 7.41. The van der Waals surface area contributed by atoms with E-state index in [1.807, 2.05) is 0 Å². The minimum atomic E-state index is -0.0901. The number of anilines is 3. The predicted octanol–water partition coefficient (Wildman–Crippen LogP) is 10.8. The maximum atomic E-state index is 2.44. The van der Waals surface area contributed by atoms with Crippen LogP contribution in [-0.4, -0.2) is 9.13 Å². The highest BCUT2D eigenvalue weighted by Gasteiger charge is 2.36. The van der Waals surface area contributed by atoms with E-state index in [2.05, 4.69) is 180 Å². The van der Waals surface area contributed by atoms with Crippen molar-refractivity contribution in [3.8, 4) is 11.4 Å². The summed E-state index contributed by atoms with van der Waals surface area (Å²) in [7, 11) is 0. The SMILES string of the molecule is CC1(C)c2ccccc2N(c2cccc(-n3c4ccccc4c4cc5ccn(-c6ccccc6)c5cc43)c2)c2ccccc21. The van der Waals surface area contributed by atoms with Crippen molar-refractivity contribution in [1.82, 2.24) is 9.13 Å². The summed E-state index contributed by atoms with van der Waals surface area (Å²) in [4.78, 5) is 2.44. The van der Waals surface area contributed by atoms with Crippen molar-refractivity contribution in [1.29, 1.82) is 0 Å².